The first-order valence-corrected chi connectivity index (χ1v) is 24.9. The van der Waals surface area contributed by atoms with Gasteiger partial charge in [-0.2, -0.15) is 0 Å². The fraction of sp³-hybridized carbons (Fsp3) is 0.481. The largest absolute Gasteiger partial charge is 0.453 e. The number of rotatable bonds is 12. The molecule has 11 rings (SSSR count). The second kappa shape index (κ2) is 19.3. The predicted molar refractivity (Wildman–Crippen MR) is 262 cm³/mol. The molecule has 6 aliphatic rings. The minimum absolute atomic E-state index is 0.107. The molecule has 4 fully saturated rings. The van der Waals surface area contributed by atoms with Crippen molar-refractivity contribution in [3.8, 4) is 44.8 Å². The van der Waals surface area contributed by atoms with E-state index in [1.807, 2.05) is 45.0 Å². The molecule has 70 heavy (non-hydrogen) atoms. The van der Waals surface area contributed by atoms with Crippen LogP contribution in [-0.2, 0) is 28.5 Å². The number of hydrogen-bond acceptors (Lipinski definition) is 10. The highest BCUT2D eigenvalue weighted by Gasteiger charge is 2.53. The number of ether oxygens (including phenoxy) is 4. The van der Waals surface area contributed by atoms with Gasteiger partial charge in [-0.1, -0.05) is 88.4 Å². The summed E-state index contributed by atoms with van der Waals surface area (Å²) in [5.74, 6) is 0.787. The number of benzene rings is 3. The molecule has 0 radical (unpaired) electrons. The summed E-state index contributed by atoms with van der Waals surface area (Å²) in [5, 5.41) is 5.45. The topological polar surface area (TPSA) is 193 Å². The van der Waals surface area contributed by atoms with E-state index in [9.17, 15) is 19.2 Å². The molecule has 5 aromatic rings. The number of methoxy groups -OCH3 is 2. The van der Waals surface area contributed by atoms with Gasteiger partial charge in [-0.15, -0.1) is 0 Å². The smallest absolute Gasteiger partial charge is 0.407 e. The summed E-state index contributed by atoms with van der Waals surface area (Å²) in [4.78, 5) is 72.4. The third-order valence-corrected chi connectivity index (χ3v) is 15.4. The van der Waals surface area contributed by atoms with Gasteiger partial charge in [-0.3, -0.25) is 9.59 Å². The summed E-state index contributed by atoms with van der Waals surface area (Å²) < 4.78 is 21.8. The molecule has 1 spiro atoms. The number of hydrogen-bond donors (Lipinski definition) is 4. The van der Waals surface area contributed by atoms with Crippen LogP contribution in [0.1, 0.15) is 119 Å². The van der Waals surface area contributed by atoms with Crippen molar-refractivity contribution in [2.45, 2.75) is 114 Å². The molecule has 1 saturated carbocycles. The van der Waals surface area contributed by atoms with Crippen LogP contribution in [0, 0.1) is 11.8 Å². The number of likely N-dealkylation sites (tertiary alicyclic amines) is 2. The Kier molecular flexibility index (Phi) is 13.0. The molecule has 2 bridgehead atoms. The molecule has 3 saturated heterocycles. The number of H-pyrrole nitrogens is 2. The van der Waals surface area contributed by atoms with Gasteiger partial charge in [0.1, 0.15) is 23.7 Å². The quantitative estimate of drug-likeness (QED) is 0.0938. The molecular weight excluding hydrogens is 889 g/mol. The Morgan fingerprint density at radius 3 is 1.53 bits per heavy atom. The molecule has 2 aromatic heterocycles. The molecule has 4 atom stereocenters. The van der Waals surface area contributed by atoms with Gasteiger partial charge in [0.15, 0.2) is 5.79 Å². The van der Waals surface area contributed by atoms with E-state index in [0.717, 1.165) is 41.2 Å². The lowest BCUT2D eigenvalue weighted by Crippen LogP contribution is -2.52. The lowest BCUT2D eigenvalue weighted by atomic mass is 9.63. The van der Waals surface area contributed by atoms with E-state index in [1.54, 1.807) is 4.90 Å². The van der Waals surface area contributed by atoms with Crippen LogP contribution in [0.3, 0.4) is 0 Å². The van der Waals surface area contributed by atoms with Gasteiger partial charge >= 0.3 is 12.2 Å². The first kappa shape index (κ1) is 47.2. The summed E-state index contributed by atoms with van der Waals surface area (Å²) in [5.41, 5.74) is 11.6. The molecule has 3 aromatic carbocycles. The number of nitrogens with one attached hydrogen (secondary N) is 4. The van der Waals surface area contributed by atoms with Crippen molar-refractivity contribution in [2.75, 3.05) is 40.5 Å². The molecule has 5 heterocycles. The Morgan fingerprint density at radius 2 is 1.07 bits per heavy atom. The van der Waals surface area contributed by atoms with Crippen LogP contribution in [0.25, 0.3) is 44.8 Å². The van der Waals surface area contributed by atoms with Crippen molar-refractivity contribution in [2.24, 2.45) is 11.8 Å². The number of amides is 4. The molecule has 16 nitrogen and oxygen atoms in total. The van der Waals surface area contributed by atoms with E-state index in [4.69, 9.17) is 28.9 Å². The minimum atomic E-state index is -0.931. The Bertz CT molecular complexity index is 2730. The fourth-order valence-corrected chi connectivity index (χ4v) is 11.7. The third kappa shape index (κ3) is 8.84. The van der Waals surface area contributed by atoms with E-state index >= 15 is 0 Å². The minimum Gasteiger partial charge on any atom is -0.453 e. The van der Waals surface area contributed by atoms with E-state index in [0.29, 0.717) is 43.8 Å². The Balaban J connectivity index is 0.875. The van der Waals surface area contributed by atoms with Crippen molar-refractivity contribution in [1.82, 2.24) is 40.4 Å². The maximum atomic E-state index is 14.1. The predicted octanol–water partition coefficient (Wildman–Crippen LogP) is 9.00. The summed E-state index contributed by atoms with van der Waals surface area (Å²) >= 11 is 0. The Labute approximate surface area is 408 Å². The highest BCUT2D eigenvalue weighted by Crippen LogP contribution is 2.55. The first-order valence-electron chi connectivity index (χ1n) is 24.9. The number of aromatic nitrogens is 4. The molecule has 3 aliphatic heterocycles. The normalized spacial score (nSPS) is 22.1. The van der Waals surface area contributed by atoms with E-state index < -0.39 is 36.1 Å². The molecular formula is C54H64N8O8. The zero-order chi connectivity index (χ0) is 48.8. The van der Waals surface area contributed by atoms with Crippen LogP contribution < -0.4 is 10.6 Å². The Morgan fingerprint density at radius 1 is 0.629 bits per heavy atom. The maximum Gasteiger partial charge on any atom is 0.407 e. The van der Waals surface area contributed by atoms with Crippen LogP contribution in [0.5, 0.6) is 0 Å². The van der Waals surface area contributed by atoms with Gasteiger partial charge < -0.3 is 49.3 Å². The highest BCUT2D eigenvalue weighted by atomic mass is 16.7. The number of carbonyl (C=O) groups excluding carboxylic acids is 4. The van der Waals surface area contributed by atoms with E-state index in [1.165, 1.54) is 73.3 Å². The summed E-state index contributed by atoms with van der Waals surface area (Å²) in [6.07, 6.45) is 9.23. The summed E-state index contributed by atoms with van der Waals surface area (Å²) in [6, 6.07) is 19.9. The van der Waals surface area contributed by atoms with E-state index in [2.05, 4.69) is 81.3 Å². The van der Waals surface area contributed by atoms with Crippen LogP contribution in [0.2, 0.25) is 0 Å². The van der Waals surface area contributed by atoms with Crippen molar-refractivity contribution in [1.29, 1.82) is 0 Å². The number of imidazole rings is 2. The molecule has 4 amide bonds. The fourth-order valence-electron chi connectivity index (χ4n) is 11.7. The van der Waals surface area contributed by atoms with Crippen molar-refractivity contribution in [3.63, 3.8) is 0 Å². The van der Waals surface area contributed by atoms with E-state index in [-0.39, 0.29) is 36.2 Å². The standard InChI is InChI=1S/C54H64N8O8/c1-30(2)46(59-52(65)67-5)50(63)61-23-7-8-42(61)48-55-27-40(57-48)34-13-9-32(10-14-34)38-21-22-39(45-37-19-17-36(18-20-37)44(38)45)33-11-15-35(16-12-33)41-28-56-49(58-41)43-26-54(69-24-25-70-54)29-62(43)51(64)47(31(3)4)60-53(66)68-6/h9-16,21-22,27-28,30-31,36-37,42-43,46-47H,7-8,17-20,23-26,29H2,1-6H3,(H,55,57)(H,56,58)(H,59,65)(H,60,66)/t36?,37?,42-,43-,46-,47+/m0/s1. The Hall–Kier alpha value is -6.52. The average Bonchev–Trinajstić information content (AvgIpc) is 4.26. The summed E-state index contributed by atoms with van der Waals surface area (Å²) in [7, 11) is 2.59. The van der Waals surface area contributed by atoms with Crippen molar-refractivity contribution in [3.05, 3.63) is 95.8 Å². The first-order chi connectivity index (χ1) is 33.8. The lowest BCUT2D eigenvalue weighted by Gasteiger charge is -2.41. The van der Waals surface area contributed by atoms with Crippen LogP contribution in [0.15, 0.2) is 73.1 Å². The summed E-state index contributed by atoms with van der Waals surface area (Å²) in [6.45, 7) is 9.32. The second-order valence-electron chi connectivity index (χ2n) is 20.3. The van der Waals surface area contributed by atoms with Gasteiger partial charge in [0, 0.05) is 13.0 Å². The second-order valence-corrected chi connectivity index (χ2v) is 20.3. The number of fused-ring (bicyclic) bond motifs is 2. The van der Waals surface area contributed by atoms with Crippen molar-refractivity contribution < 1.29 is 38.1 Å². The van der Waals surface area contributed by atoms with Gasteiger partial charge in [-0.05, 0) is 107 Å². The monoisotopic (exact) mass is 952 g/mol. The highest BCUT2D eigenvalue weighted by molar-refractivity contribution is 5.88. The van der Waals surface area contributed by atoms with Gasteiger partial charge in [0.25, 0.3) is 0 Å². The van der Waals surface area contributed by atoms with Gasteiger partial charge in [-0.25, -0.2) is 19.6 Å². The van der Waals surface area contributed by atoms with Crippen molar-refractivity contribution >= 4 is 24.0 Å². The number of alkyl carbamates (subject to hydrolysis) is 2. The van der Waals surface area contributed by atoms with Crippen LogP contribution in [-0.4, -0.2) is 112 Å². The number of carbonyl (C=O) groups is 4. The molecule has 4 N–H and O–H groups in total. The van der Waals surface area contributed by atoms with Gasteiger partial charge in [0.05, 0.1) is 69.8 Å². The number of aromatic amines is 2. The molecule has 368 valence electrons. The zero-order valence-corrected chi connectivity index (χ0v) is 40.9. The lowest BCUT2D eigenvalue weighted by molar-refractivity contribution is -0.153. The average molecular weight is 953 g/mol. The molecule has 0 unspecified atom stereocenters. The molecule has 16 heteroatoms. The van der Waals surface area contributed by atoms with Crippen LogP contribution >= 0.6 is 0 Å². The molecule has 3 aliphatic carbocycles. The third-order valence-electron chi connectivity index (χ3n) is 15.4. The number of nitrogens with zero attached hydrogens (tertiary/aromatic N) is 4. The SMILES string of the molecule is COC(=O)N[C@H](C(=O)N1CCC[C@H]1c1ncc(-c2ccc(-c3ccc(-c4ccc(-c5cnc([C@@H]6CC7(CN6C(=O)[C@H](NC(=O)OC)C(C)C)OCCO7)[nH]5)cc4)c4c3C3CCC4CC3)cc2)[nH]1)C(C)C. The zero-order valence-electron chi connectivity index (χ0n) is 40.9. The van der Waals surface area contributed by atoms with Crippen LogP contribution in [0.4, 0.5) is 9.59 Å². The maximum absolute atomic E-state index is 14.1. The van der Waals surface area contributed by atoms with Gasteiger partial charge in [0.2, 0.25) is 11.8 Å².